The van der Waals surface area contributed by atoms with E-state index in [9.17, 15) is 4.79 Å². The number of aromatic carboxylic acids is 1. The number of hydrogen-bond donors (Lipinski definition) is 2. The Hall–Kier alpha value is -1.81. The summed E-state index contributed by atoms with van der Waals surface area (Å²) < 4.78 is 1.17. The van der Waals surface area contributed by atoms with Gasteiger partial charge in [0.05, 0.1) is 11.6 Å². The highest BCUT2D eigenvalue weighted by atomic mass is 79.9. The number of anilines is 1. The Balaban J connectivity index is 1.86. The number of rotatable bonds is 3. The predicted molar refractivity (Wildman–Crippen MR) is 87.0 cm³/mol. The molecule has 0 saturated carbocycles. The van der Waals surface area contributed by atoms with Crippen molar-refractivity contribution >= 4 is 27.6 Å². The summed E-state index contributed by atoms with van der Waals surface area (Å²) >= 11 is 3.61. The molecule has 1 unspecified atom stereocenters. The first kappa shape index (κ1) is 14.1. The maximum atomic E-state index is 11.0. The molecule has 3 rings (SSSR count). The standard InChI is InChI=1S/C17H16BrNO2/c1-10-9-11(17(20)21)5-7-15(10)19-16-8-6-12-13(16)3-2-4-14(12)18/h2-5,7,9,16,19H,6,8H2,1H3,(H,20,21). The van der Waals surface area contributed by atoms with Crippen molar-refractivity contribution in [2.45, 2.75) is 25.8 Å². The van der Waals surface area contributed by atoms with E-state index in [0.29, 0.717) is 5.56 Å². The summed E-state index contributed by atoms with van der Waals surface area (Å²) in [6.45, 7) is 1.94. The van der Waals surface area contributed by atoms with Gasteiger partial charge in [0.2, 0.25) is 0 Å². The van der Waals surface area contributed by atoms with E-state index in [0.717, 1.165) is 24.1 Å². The number of aryl methyl sites for hydroxylation is 1. The van der Waals surface area contributed by atoms with Crippen molar-refractivity contribution in [2.24, 2.45) is 0 Å². The molecule has 0 heterocycles. The normalized spacial score (nSPS) is 16.6. The molecule has 0 aromatic heterocycles. The van der Waals surface area contributed by atoms with Crippen molar-refractivity contribution in [3.05, 3.63) is 63.1 Å². The molecule has 2 N–H and O–H groups in total. The highest BCUT2D eigenvalue weighted by molar-refractivity contribution is 9.10. The molecule has 1 atom stereocenters. The first-order valence-corrected chi connectivity index (χ1v) is 7.73. The minimum absolute atomic E-state index is 0.284. The van der Waals surface area contributed by atoms with Gasteiger partial charge in [-0.1, -0.05) is 28.1 Å². The average molecular weight is 346 g/mol. The quantitative estimate of drug-likeness (QED) is 0.857. The van der Waals surface area contributed by atoms with Gasteiger partial charge < -0.3 is 10.4 Å². The van der Waals surface area contributed by atoms with Crippen LogP contribution in [0.25, 0.3) is 0 Å². The fourth-order valence-electron chi connectivity index (χ4n) is 2.91. The van der Waals surface area contributed by atoms with Crippen LogP contribution >= 0.6 is 15.9 Å². The molecule has 0 aliphatic heterocycles. The summed E-state index contributed by atoms with van der Waals surface area (Å²) in [6, 6.07) is 11.8. The van der Waals surface area contributed by atoms with Gasteiger partial charge in [-0.15, -0.1) is 0 Å². The van der Waals surface area contributed by atoms with Gasteiger partial charge >= 0.3 is 5.97 Å². The molecule has 2 aromatic rings. The van der Waals surface area contributed by atoms with Crippen LogP contribution in [-0.4, -0.2) is 11.1 Å². The lowest BCUT2D eigenvalue weighted by atomic mass is 10.1. The van der Waals surface area contributed by atoms with Crippen LogP contribution in [0.3, 0.4) is 0 Å². The number of carbonyl (C=O) groups is 1. The van der Waals surface area contributed by atoms with Crippen LogP contribution in [0.15, 0.2) is 40.9 Å². The minimum Gasteiger partial charge on any atom is -0.478 e. The Morgan fingerprint density at radius 2 is 2.14 bits per heavy atom. The SMILES string of the molecule is Cc1cc(C(=O)O)ccc1NC1CCc2c(Br)cccc21. The molecule has 0 spiro atoms. The average Bonchev–Trinajstić information content (AvgIpc) is 2.85. The van der Waals surface area contributed by atoms with Gasteiger partial charge in [-0.25, -0.2) is 4.79 Å². The van der Waals surface area contributed by atoms with Crippen LogP contribution in [0.1, 0.15) is 39.5 Å². The monoisotopic (exact) mass is 345 g/mol. The van der Waals surface area contributed by atoms with E-state index in [-0.39, 0.29) is 6.04 Å². The molecule has 1 aliphatic carbocycles. The zero-order valence-corrected chi connectivity index (χ0v) is 13.3. The van der Waals surface area contributed by atoms with E-state index >= 15 is 0 Å². The second-order valence-electron chi connectivity index (χ2n) is 5.38. The molecule has 0 fully saturated rings. The smallest absolute Gasteiger partial charge is 0.335 e. The van der Waals surface area contributed by atoms with E-state index in [1.165, 1.54) is 15.6 Å². The lowest BCUT2D eigenvalue weighted by molar-refractivity contribution is 0.0697. The number of carboxylic acids is 1. The maximum Gasteiger partial charge on any atom is 0.335 e. The zero-order chi connectivity index (χ0) is 15.0. The van der Waals surface area contributed by atoms with Crippen LogP contribution in [0.5, 0.6) is 0 Å². The second-order valence-corrected chi connectivity index (χ2v) is 6.23. The van der Waals surface area contributed by atoms with Crippen molar-refractivity contribution in [1.82, 2.24) is 0 Å². The molecule has 2 aromatic carbocycles. The van der Waals surface area contributed by atoms with Crippen molar-refractivity contribution in [2.75, 3.05) is 5.32 Å². The highest BCUT2D eigenvalue weighted by Crippen LogP contribution is 2.38. The predicted octanol–water partition coefficient (Wildman–Crippen LogP) is 4.56. The topological polar surface area (TPSA) is 49.3 Å². The summed E-state index contributed by atoms with van der Waals surface area (Å²) in [5.41, 5.74) is 4.98. The third-order valence-electron chi connectivity index (χ3n) is 4.02. The zero-order valence-electron chi connectivity index (χ0n) is 11.7. The van der Waals surface area contributed by atoms with E-state index in [2.05, 4.69) is 39.4 Å². The van der Waals surface area contributed by atoms with Gasteiger partial charge in [0.1, 0.15) is 0 Å². The van der Waals surface area contributed by atoms with Crippen molar-refractivity contribution in [1.29, 1.82) is 0 Å². The van der Waals surface area contributed by atoms with Gasteiger partial charge in [-0.3, -0.25) is 0 Å². The molecule has 1 aliphatic rings. The Morgan fingerprint density at radius 3 is 2.86 bits per heavy atom. The number of benzene rings is 2. The van der Waals surface area contributed by atoms with Crippen LogP contribution in [0, 0.1) is 6.92 Å². The maximum absolute atomic E-state index is 11.0. The van der Waals surface area contributed by atoms with Crippen molar-refractivity contribution in [3.63, 3.8) is 0 Å². The number of carboxylic acid groups (broad SMARTS) is 1. The first-order valence-electron chi connectivity index (χ1n) is 6.94. The third kappa shape index (κ3) is 2.68. The lowest BCUT2D eigenvalue weighted by Crippen LogP contribution is -2.09. The summed E-state index contributed by atoms with van der Waals surface area (Å²) in [7, 11) is 0. The van der Waals surface area contributed by atoms with E-state index in [1.54, 1.807) is 12.1 Å². The third-order valence-corrected chi connectivity index (χ3v) is 4.76. The van der Waals surface area contributed by atoms with Gasteiger partial charge in [0, 0.05) is 10.2 Å². The Morgan fingerprint density at radius 1 is 1.33 bits per heavy atom. The van der Waals surface area contributed by atoms with Crippen molar-refractivity contribution in [3.8, 4) is 0 Å². The molecule has 0 bridgehead atoms. The molecule has 21 heavy (non-hydrogen) atoms. The Kier molecular flexibility index (Phi) is 3.72. The molecular weight excluding hydrogens is 330 g/mol. The fraction of sp³-hybridized carbons (Fsp3) is 0.235. The lowest BCUT2D eigenvalue weighted by Gasteiger charge is -2.18. The van der Waals surface area contributed by atoms with Crippen LogP contribution in [0.2, 0.25) is 0 Å². The molecular formula is C17H16BrNO2. The Bertz CT molecular complexity index is 712. The Labute approximate surface area is 132 Å². The summed E-state index contributed by atoms with van der Waals surface area (Å²) in [4.78, 5) is 11.0. The van der Waals surface area contributed by atoms with Gasteiger partial charge in [-0.2, -0.15) is 0 Å². The largest absolute Gasteiger partial charge is 0.478 e. The first-order chi connectivity index (χ1) is 10.1. The van der Waals surface area contributed by atoms with Crippen LogP contribution in [0.4, 0.5) is 5.69 Å². The molecule has 0 amide bonds. The molecule has 0 radical (unpaired) electrons. The summed E-state index contributed by atoms with van der Waals surface area (Å²) in [5.74, 6) is -0.889. The molecule has 4 heteroatoms. The second kappa shape index (κ2) is 5.53. The van der Waals surface area contributed by atoms with E-state index in [4.69, 9.17) is 5.11 Å². The summed E-state index contributed by atoms with van der Waals surface area (Å²) in [6.07, 6.45) is 2.11. The molecule has 108 valence electrons. The van der Waals surface area contributed by atoms with E-state index in [1.807, 2.05) is 13.0 Å². The minimum atomic E-state index is -0.889. The highest BCUT2D eigenvalue weighted by Gasteiger charge is 2.24. The molecule has 3 nitrogen and oxygen atoms in total. The van der Waals surface area contributed by atoms with Crippen LogP contribution < -0.4 is 5.32 Å². The van der Waals surface area contributed by atoms with E-state index < -0.39 is 5.97 Å². The number of nitrogens with one attached hydrogen (secondary N) is 1. The fourth-order valence-corrected chi connectivity index (χ4v) is 3.49. The number of halogens is 1. The van der Waals surface area contributed by atoms with Gasteiger partial charge in [-0.05, 0) is 60.7 Å². The number of fused-ring (bicyclic) bond motifs is 1. The van der Waals surface area contributed by atoms with Gasteiger partial charge in [0.15, 0.2) is 0 Å². The number of hydrogen-bond acceptors (Lipinski definition) is 2. The van der Waals surface area contributed by atoms with Gasteiger partial charge in [0.25, 0.3) is 0 Å². The molecule has 0 saturated heterocycles. The van der Waals surface area contributed by atoms with Crippen LogP contribution in [-0.2, 0) is 6.42 Å². The summed E-state index contributed by atoms with van der Waals surface area (Å²) in [5, 5.41) is 12.6. The van der Waals surface area contributed by atoms with Crippen molar-refractivity contribution < 1.29 is 9.90 Å².